The maximum Gasteiger partial charge on any atom is 0.119 e. The Morgan fingerprint density at radius 3 is 2.87 bits per heavy atom. The van der Waals surface area contributed by atoms with Crippen LogP contribution in [0.15, 0.2) is 24.3 Å². The third kappa shape index (κ3) is 4.70. The van der Waals surface area contributed by atoms with E-state index in [4.69, 9.17) is 4.74 Å². The predicted octanol–water partition coefficient (Wildman–Crippen LogP) is 4.40. The van der Waals surface area contributed by atoms with Crippen LogP contribution in [0.3, 0.4) is 0 Å². The molecule has 0 N–H and O–H groups in total. The Bertz CT molecular complexity index is 286. The van der Waals surface area contributed by atoms with Crippen LogP contribution in [0.4, 0.5) is 0 Å². The molecule has 0 aromatic heterocycles. The summed E-state index contributed by atoms with van der Waals surface area (Å²) in [6.07, 6.45) is 2.46. The Hall–Kier alpha value is -0.500. The lowest BCUT2D eigenvalue weighted by Gasteiger charge is -2.12. The quantitative estimate of drug-likeness (QED) is 0.697. The van der Waals surface area contributed by atoms with E-state index >= 15 is 0 Å². The molecule has 84 valence electrons. The van der Waals surface area contributed by atoms with Gasteiger partial charge in [-0.05, 0) is 30.0 Å². The fourth-order valence-corrected chi connectivity index (χ4v) is 1.88. The van der Waals surface area contributed by atoms with Crippen LogP contribution in [-0.4, -0.2) is 6.61 Å². The van der Waals surface area contributed by atoms with Gasteiger partial charge < -0.3 is 4.74 Å². The van der Waals surface area contributed by atoms with Crippen molar-refractivity contribution in [2.24, 2.45) is 5.92 Å². The van der Waals surface area contributed by atoms with Gasteiger partial charge in [-0.2, -0.15) is 0 Å². The number of hydrogen-bond acceptors (Lipinski definition) is 1. The Morgan fingerprint density at radius 1 is 1.40 bits per heavy atom. The third-order valence-corrected chi connectivity index (χ3v) is 3.02. The second-order valence-electron chi connectivity index (χ2n) is 3.99. The standard InChI is InChI=1S/C13H19BrO/c1-3-5-11(2)10-15-13-7-4-6-12(8-13)9-14/h4,6-8,11H,3,5,9-10H2,1-2H3. The van der Waals surface area contributed by atoms with E-state index < -0.39 is 0 Å². The van der Waals surface area contributed by atoms with Crippen molar-refractivity contribution < 1.29 is 4.74 Å². The minimum atomic E-state index is 0.641. The van der Waals surface area contributed by atoms with Gasteiger partial charge in [-0.3, -0.25) is 0 Å². The van der Waals surface area contributed by atoms with Crippen molar-refractivity contribution in [3.8, 4) is 5.75 Å². The minimum Gasteiger partial charge on any atom is -0.493 e. The van der Waals surface area contributed by atoms with E-state index in [0.717, 1.165) is 17.7 Å². The molecule has 0 fully saturated rings. The molecule has 2 heteroatoms. The molecule has 0 saturated heterocycles. The van der Waals surface area contributed by atoms with Crippen molar-refractivity contribution in [1.29, 1.82) is 0 Å². The Balaban J connectivity index is 2.43. The minimum absolute atomic E-state index is 0.641. The molecule has 0 heterocycles. The normalized spacial score (nSPS) is 12.5. The van der Waals surface area contributed by atoms with Crippen LogP contribution >= 0.6 is 15.9 Å². The highest BCUT2D eigenvalue weighted by molar-refractivity contribution is 9.08. The van der Waals surface area contributed by atoms with Gasteiger partial charge >= 0.3 is 0 Å². The van der Waals surface area contributed by atoms with Gasteiger partial charge in [0, 0.05) is 5.33 Å². The van der Waals surface area contributed by atoms with Crippen molar-refractivity contribution in [2.75, 3.05) is 6.61 Å². The molecule has 1 aromatic rings. The summed E-state index contributed by atoms with van der Waals surface area (Å²) in [6.45, 7) is 5.26. The average Bonchev–Trinajstić information content (AvgIpc) is 2.27. The number of benzene rings is 1. The van der Waals surface area contributed by atoms with Gasteiger partial charge in [0.2, 0.25) is 0 Å². The van der Waals surface area contributed by atoms with Gasteiger partial charge in [0.05, 0.1) is 6.61 Å². The van der Waals surface area contributed by atoms with E-state index in [1.165, 1.54) is 18.4 Å². The van der Waals surface area contributed by atoms with Gasteiger partial charge in [0.25, 0.3) is 0 Å². The van der Waals surface area contributed by atoms with E-state index in [0.29, 0.717) is 5.92 Å². The number of ether oxygens (including phenoxy) is 1. The van der Waals surface area contributed by atoms with Gasteiger partial charge in [0.1, 0.15) is 5.75 Å². The summed E-state index contributed by atoms with van der Waals surface area (Å²) in [5, 5.41) is 0.884. The molecule has 0 spiro atoms. The van der Waals surface area contributed by atoms with Crippen molar-refractivity contribution >= 4 is 15.9 Å². The smallest absolute Gasteiger partial charge is 0.119 e. The summed E-state index contributed by atoms with van der Waals surface area (Å²) in [4.78, 5) is 0. The van der Waals surface area contributed by atoms with E-state index in [1.807, 2.05) is 12.1 Å². The Kier molecular flexibility index (Phi) is 5.77. The lowest BCUT2D eigenvalue weighted by molar-refractivity contribution is 0.251. The first-order valence-electron chi connectivity index (χ1n) is 5.54. The number of halogens is 1. The van der Waals surface area contributed by atoms with E-state index in [1.54, 1.807) is 0 Å². The molecule has 0 aliphatic carbocycles. The molecule has 0 saturated carbocycles. The first-order chi connectivity index (χ1) is 7.26. The van der Waals surface area contributed by atoms with Gasteiger partial charge in [-0.1, -0.05) is 48.3 Å². The number of alkyl halides is 1. The molecule has 0 amide bonds. The second kappa shape index (κ2) is 6.89. The molecule has 1 atom stereocenters. The second-order valence-corrected chi connectivity index (χ2v) is 4.55. The zero-order chi connectivity index (χ0) is 11.1. The highest BCUT2D eigenvalue weighted by Gasteiger charge is 2.02. The molecule has 0 bridgehead atoms. The summed E-state index contributed by atoms with van der Waals surface area (Å²) in [7, 11) is 0. The highest BCUT2D eigenvalue weighted by atomic mass is 79.9. The summed E-state index contributed by atoms with van der Waals surface area (Å²) in [5.41, 5.74) is 1.26. The SMILES string of the molecule is CCCC(C)COc1cccc(CBr)c1. The monoisotopic (exact) mass is 270 g/mol. The lowest BCUT2D eigenvalue weighted by atomic mass is 10.1. The first-order valence-corrected chi connectivity index (χ1v) is 6.66. The number of rotatable bonds is 6. The van der Waals surface area contributed by atoms with E-state index in [9.17, 15) is 0 Å². The summed E-state index contributed by atoms with van der Waals surface area (Å²) >= 11 is 3.44. The molecule has 1 aromatic carbocycles. The number of hydrogen-bond donors (Lipinski definition) is 0. The van der Waals surface area contributed by atoms with Crippen LogP contribution < -0.4 is 4.74 Å². The molecule has 1 nitrogen and oxygen atoms in total. The molecular formula is C13H19BrO. The zero-order valence-corrected chi connectivity index (χ0v) is 11.1. The van der Waals surface area contributed by atoms with Gasteiger partial charge in [-0.15, -0.1) is 0 Å². The summed E-state index contributed by atoms with van der Waals surface area (Å²) in [5.74, 6) is 1.62. The average molecular weight is 271 g/mol. The van der Waals surface area contributed by atoms with Crippen molar-refractivity contribution in [2.45, 2.75) is 32.0 Å². The molecule has 0 radical (unpaired) electrons. The molecular weight excluding hydrogens is 252 g/mol. The maximum absolute atomic E-state index is 5.74. The first kappa shape index (κ1) is 12.6. The van der Waals surface area contributed by atoms with Crippen LogP contribution in [0.2, 0.25) is 0 Å². The van der Waals surface area contributed by atoms with E-state index in [-0.39, 0.29) is 0 Å². The van der Waals surface area contributed by atoms with Crippen molar-refractivity contribution in [1.82, 2.24) is 0 Å². The Morgan fingerprint density at radius 2 is 2.20 bits per heavy atom. The van der Waals surface area contributed by atoms with E-state index in [2.05, 4.69) is 41.9 Å². The highest BCUT2D eigenvalue weighted by Crippen LogP contribution is 2.17. The van der Waals surface area contributed by atoms with Crippen molar-refractivity contribution in [3.05, 3.63) is 29.8 Å². The predicted molar refractivity (Wildman–Crippen MR) is 68.6 cm³/mol. The van der Waals surface area contributed by atoms with Gasteiger partial charge in [-0.25, -0.2) is 0 Å². The maximum atomic E-state index is 5.74. The molecule has 1 unspecified atom stereocenters. The molecule has 0 aliphatic rings. The zero-order valence-electron chi connectivity index (χ0n) is 9.50. The fourth-order valence-electron chi connectivity index (χ4n) is 1.53. The topological polar surface area (TPSA) is 9.23 Å². The molecule has 1 rings (SSSR count). The van der Waals surface area contributed by atoms with Crippen LogP contribution in [-0.2, 0) is 5.33 Å². The van der Waals surface area contributed by atoms with Crippen LogP contribution in [0.25, 0.3) is 0 Å². The summed E-state index contributed by atoms with van der Waals surface area (Å²) < 4.78 is 5.74. The van der Waals surface area contributed by atoms with Crippen LogP contribution in [0.5, 0.6) is 5.75 Å². The Labute approximate surface area is 101 Å². The third-order valence-electron chi connectivity index (χ3n) is 2.37. The van der Waals surface area contributed by atoms with Crippen LogP contribution in [0, 0.1) is 5.92 Å². The van der Waals surface area contributed by atoms with Gasteiger partial charge in [0.15, 0.2) is 0 Å². The lowest BCUT2D eigenvalue weighted by Crippen LogP contribution is -2.08. The van der Waals surface area contributed by atoms with Crippen molar-refractivity contribution in [3.63, 3.8) is 0 Å². The largest absolute Gasteiger partial charge is 0.493 e. The fraction of sp³-hybridized carbons (Fsp3) is 0.538. The molecule has 15 heavy (non-hydrogen) atoms. The van der Waals surface area contributed by atoms with Crippen LogP contribution in [0.1, 0.15) is 32.3 Å². The summed E-state index contributed by atoms with van der Waals surface area (Å²) in [6, 6.07) is 8.24. The molecule has 0 aliphatic heterocycles.